The molecule has 1 aromatic rings. The van der Waals surface area contributed by atoms with Gasteiger partial charge in [-0.05, 0) is 25.0 Å². The highest BCUT2D eigenvalue weighted by Gasteiger charge is 2.33. The van der Waals surface area contributed by atoms with Crippen molar-refractivity contribution in [3.8, 4) is 5.75 Å². The van der Waals surface area contributed by atoms with Gasteiger partial charge in [0, 0.05) is 0 Å². The van der Waals surface area contributed by atoms with Crippen molar-refractivity contribution in [3.05, 3.63) is 29.3 Å². The number of carbonyl (C=O) groups excluding carboxylic acids is 3. The Hall–Kier alpha value is -2.17. The molecule has 0 radical (unpaired) electrons. The van der Waals surface area contributed by atoms with Crippen molar-refractivity contribution in [3.63, 3.8) is 0 Å². The highest BCUT2D eigenvalue weighted by Crippen LogP contribution is 2.31. The first kappa shape index (κ1) is 11.0. The van der Waals surface area contributed by atoms with Gasteiger partial charge >= 0.3 is 5.97 Å². The lowest BCUT2D eigenvalue weighted by Crippen LogP contribution is -2.27. The van der Waals surface area contributed by atoms with Crippen LogP contribution in [0.5, 0.6) is 5.75 Å². The molecule has 0 saturated heterocycles. The molecule has 0 bridgehead atoms. The van der Waals surface area contributed by atoms with E-state index in [-0.39, 0.29) is 28.8 Å². The topological polar surface area (TPSA) is 72.5 Å². The first-order valence-corrected chi connectivity index (χ1v) is 5.87. The van der Waals surface area contributed by atoms with Gasteiger partial charge in [-0.15, -0.1) is 0 Å². The maximum absolute atomic E-state index is 11.7. The fourth-order valence-electron chi connectivity index (χ4n) is 2.11. The number of hydrogen-bond acceptors (Lipinski definition) is 4. The number of rotatable bonds is 2. The second-order valence-corrected chi connectivity index (χ2v) is 4.51. The largest absolute Gasteiger partial charge is 0.425 e. The summed E-state index contributed by atoms with van der Waals surface area (Å²) in [5.74, 6) is -1.17. The number of imide groups is 1. The summed E-state index contributed by atoms with van der Waals surface area (Å²) < 4.78 is 5.23. The van der Waals surface area contributed by atoms with Gasteiger partial charge in [-0.2, -0.15) is 0 Å². The van der Waals surface area contributed by atoms with Crippen molar-refractivity contribution in [2.75, 3.05) is 0 Å². The molecular weight excluding hydrogens is 234 g/mol. The molecule has 0 atom stereocenters. The maximum atomic E-state index is 11.7. The van der Waals surface area contributed by atoms with Crippen LogP contribution >= 0.6 is 0 Å². The van der Waals surface area contributed by atoms with Crippen LogP contribution in [-0.2, 0) is 4.79 Å². The van der Waals surface area contributed by atoms with Gasteiger partial charge in [-0.1, -0.05) is 12.5 Å². The van der Waals surface area contributed by atoms with E-state index < -0.39 is 11.8 Å². The summed E-state index contributed by atoms with van der Waals surface area (Å²) in [6.45, 7) is 0. The third kappa shape index (κ3) is 1.59. The number of esters is 1. The van der Waals surface area contributed by atoms with Crippen LogP contribution in [0.1, 0.15) is 40.0 Å². The first-order valence-electron chi connectivity index (χ1n) is 5.87. The Morgan fingerprint density at radius 2 is 2.00 bits per heavy atom. The van der Waals surface area contributed by atoms with E-state index in [1.54, 1.807) is 6.07 Å². The van der Waals surface area contributed by atoms with Crippen LogP contribution < -0.4 is 10.1 Å². The van der Waals surface area contributed by atoms with Crippen LogP contribution in [0.2, 0.25) is 0 Å². The normalized spacial score (nSPS) is 18.0. The smallest absolute Gasteiger partial charge is 0.314 e. The van der Waals surface area contributed by atoms with E-state index in [0.717, 1.165) is 19.3 Å². The zero-order valence-electron chi connectivity index (χ0n) is 9.56. The second kappa shape index (κ2) is 3.94. The number of hydrogen-bond donors (Lipinski definition) is 1. The summed E-state index contributed by atoms with van der Waals surface area (Å²) in [6.07, 6.45) is 2.70. The molecule has 0 unspecified atom stereocenters. The van der Waals surface area contributed by atoms with Gasteiger partial charge in [0.25, 0.3) is 11.8 Å². The van der Waals surface area contributed by atoms with E-state index in [9.17, 15) is 14.4 Å². The minimum Gasteiger partial charge on any atom is -0.425 e. The Kier molecular flexibility index (Phi) is 2.40. The lowest BCUT2D eigenvalue weighted by Gasteiger charge is -2.23. The van der Waals surface area contributed by atoms with Gasteiger partial charge < -0.3 is 4.74 Å². The van der Waals surface area contributed by atoms with Crippen LogP contribution in [0.4, 0.5) is 0 Å². The zero-order valence-corrected chi connectivity index (χ0v) is 9.56. The standard InChI is InChI=1S/C13H11NO4/c15-11-8-5-2-6-9(10(8)12(16)14-11)18-13(17)7-3-1-4-7/h2,5-7H,1,3-4H2,(H,14,15,16). The predicted molar refractivity (Wildman–Crippen MR) is 61.2 cm³/mol. The van der Waals surface area contributed by atoms with E-state index in [1.807, 2.05) is 0 Å². The second-order valence-electron chi connectivity index (χ2n) is 4.51. The monoisotopic (exact) mass is 245 g/mol. The van der Waals surface area contributed by atoms with Gasteiger partial charge in [-0.3, -0.25) is 19.7 Å². The number of benzene rings is 1. The molecule has 3 rings (SSSR count). The minimum atomic E-state index is -0.507. The van der Waals surface area contributed by atoms with Crippen molar-refractivity contribution in [2.24, 2.45) is 5.92 Å². The summed E-state index contributed by atoms with van der Waals surface area (Å²) in [6, 6.07) is 4.67. The number of nitrogens with one attached hydrogen (secondary N) is 1. The molecule has 5 heteroatoms. The predicted octanol–water partition coefficient (Wildman–Crippen LogP) is 1.28. The Labute approximate surface area is 103 Å². The third-order valence-corrected chi connectivity index (χ3v) is 3.37. The maximum Gasteiger partial charge on any atom is 0.314 e. The lowest BCUT2D eigenvalue weighted by molar-refractivity contribution is -0.141. The van der Waals surface area contributed by atoms with Gasteiger partial charge in [0.15, 0.2) is 0 Å². The van der Waals surface area contributed by atoms with Gasteiger partial charge in [0.1, 0.15) is 5.75 Å². The SMILES string of the molecule is O=C1NC(=O)c2c(OC(=O)C3CCC3)cccc21. The van der Waals surface area contributed by atoms with Crippen LogP contribution in [0.3, 0.4) is 0 Å². The molecule has 92 valence electrons. The van der Waals surface area contributed by atoms with Crippen LogP contribution in [0.15, 0.2) is 18.2 Å². The molecule has 2 amide bonds. The van der Waals surface area contributed by atoms with Crippen molar-refractivity contribution in [1.29, 1.82) is 0 Å². The molecule has 1 aromatic carbocycles. The molecular formula is C13H11NO4. The van der Waals surface area contributed by atoms with Gasteiger partial charge in [0.05, 0.1) is 17.0 Å². The fourth-order valence-corrected chi connectivity index (χ4v) is 2.11. The van der Waals surface area contributed by atoms with E-state index in [4.69, 9.17) is 4.74 Å². The Morgan fingerprint density at radius 1 is 1.22 bits per heavy atom. The molecule has 5 nitrogen and oxygen atoms in total. The molecule has 0 aromatic heterocycles. The molecule has 1 aliphatic heterocycles. The summed E-state index contributed by atoms with van der Waals surface area (Å²) in [5, 5.41) is 2.18. The summed E-state index contributed by atoms with van der Waals surface area (Å²) in [7, 11) is 0. The molecule has 18 heavy (non-hydrogen) atoms. The summed E-state index contributed by atoms with van der Waals surface area (Å²) >= 11 is 0. The lowest BCUT2D eigenvalue weighted by atomic mass is 9.86. The minimum absolute atomic E-state index is 0.0685. The molecule has 0 spiro atoms. The van der Waals surface area contributed by atoms with Crippen LogP contribution in [0, 0.1) is 5.92 Å². The summed E-state index contributed by atoms with van der Waals surface area (Å²) in [5.41, 5.74) is 0.425. The fraction of sp³-hybridized carbons (Fsp3) is 0.308. The van der Waals surface area contributed by atoms with Crippen molar-refractivity contribution in [1.82, 2.24) is 5.32 Å². The third-order valence-electron chi connectivity index (χ3n) is 3.37. The Bertz CT molecular complexity index is 560. The average molecular weight is 245 g/mol. The van der Waals surface area contributed by atoms with Crippen molar-refractivity contribution in [2.45, 2.75) is 19.3 Å². The quantitative estimate of drug-likeness (QED) is 0.484. The van der Waals surface area contributed by atoms with E-state index in [1.165, 1.54) is 12.1 Å². The van der Waals surface area contributed by atoms with Crippen LogP contribution in [-0.4, -0.2) is 17.8 Å². The molecule has 1 saturated carbocycles. The molecule has 2 aliphatic rings. The molecule has 1 fully saturated rings. The average Bonchev–Trinajstić information content (AvgIpc) is 2.53. The number of fused-ring (bicyclic) bond motifs is 1. The highest BCUT2D eigenvalue weighted by atomic mass is 16.5. The van der Waals surface area contributed by atoms with E-state index in [0.29, 0.717) is 0 Å². The molecule has 1 aliphatic carbocycles. The van der Waals surface area contributed by atoms with Crippen LogP contribution in [0.25, 0.3) is 0 Å². The van der Waals surface area contributed by atoms with Gasteiger partial charge in [-0.25, -0.2) is 0 Å². The zero-order chi connectivity index (χ0) is 12.7. The van der Waals surface area contributed by atoms with Crippen molar-refractivity contribution < 1.29 is 19.1 Å². The first-order chi connectivity index (χ1) is 8.66. The number of amides is 2. The van der Waals surface area contributed by atoms with E-state index >= 15 is 0 Å². The number of carbonyl (C=O) groups is 3. The number of ether oxygens (including phenoxy) is 1. The Balaban J connectivity index is 1.91. The highest BCUT2D eigenvalue weighted by molar-refractivity contribution is 6.22. The van der Waals surface area contributed by atoms with E-state index in [2.05, 4.69) is 5.32 Å². The summed E-state index contributed by atoms with van der Waals surface area (Å²) in [4.78, 5) is 34.8. The van der Waals surface area contributed by atoms with Gasteiger partial charge in [0.2, 0.25) is 0 Å². The van der Waals surface area contributed by atoms with Crippen molar-refractivity contribution >= 4 is 17.8 Å². The molecule has 1 heterocycles. The Morgan fingerprint density at radius 3 is 2.67 bits per heavy atom. The molecule has 1 N–H and O–H groups in total.